The predicted molar refractivity (Wildman–Crippen MR) is 99.9 cm³/mol. The van der Waals surface area contributed by atoms with Crippen LogP contribution in [-0.4, -0.2) is 47.7 Å². The van der Waals surface area contributed by atoms with Gasteiger partial charge in [0, 0.05) is 0 Å². The number of ether oxygens (including phenoxy) is 2. The number of rotatable bonds is 5. The van der Waals surface area contributed by atoms with E-state index in [4.69, 9.17) is 9.47 Å². The molecule has 1 aromatic carbocycles. The molecule has 0 aromatic heterocycles. The zero-order valence-corrected chi connectivity index (χ0v) is 16.4. The van der Waals surface area contributed by atoms with Crippen LogP contribution < -0.4 is 5.32 Å². The maximum absolute atomic E-state index is 12.9. The van der Waals surface area contributed by atoms with Crippen molar-refractivity contribution in [2.45, 2.75) is 58.2 Å². The third-order valence-electron chi connectivity index (χ3n) is 4.20. The molecular weight excluding hydrogens is 348 g/mol. The van der Waals surface area contributed by atoms with Crippen LogP contribution >= 0.6 is 0 Å². The highest BCUT2D eigenvalue weighted by molar-refractivity contribution is 5.88. The van der Waals surface area contributed by atoms with Crippen molar-refractivity contribution in [3.63, 3.8) is 0 Å². The van der Waals surface area contributed by atoms with E-state index in [0.29, 0.717) is 12.8 Å². The first-order valence-corrected chi connectivity index (χ1v) is 9.22. The van der Waals surface area contributed by atoms with Gasteiger partial charge in [0.25, 0.3) is 0 Å². The Hall–Kier alpha value is -2.57. The number of carbonyl (C=O) groups is 3. The molecular formula is C20H28N2O5. The highest BCUT2D eigenvalue weighted by atomic mass is 16.6. The molecule has 0 aliphatic carbocycles. The fourth-order valence-corrected chi connectivity index (χ4v) is 3.18. The van der Waals surface area contributed by atoms with Crippen LogP contribution in [0.15, 0.2) is 30.3 Å². The lowest BCUT2D eigenvalue weighted by molar-refractivity contribution is -0.154. The molecule has 2 atom stereocenters. The van der Waals surface area contributed by atoms with Crippen LogP contribution in [-0.2, 0) is 19.1 Å². The number of carbonyl (C=O) groups excluding carboxylic acids is 3. The molecule has 1 aliphatic heterocycles. The van der Waals surface area contributed by atoms with Crippen molar-refractivity contribution in [3.05, 3.63) is 35.9 Å². The first-order chi connectivity index (χ1) is 12.7. The van der Waals surface area contributed by atoms with E-state index in [1.54, 1.807) is 27.7 Å². The fourth-order valence-electron chi connectivity index (χ4n) is 3.18. The van der Waals surface area contributed by atoms with Crippen LogP contribution in [0.25, 0.3) is 0 Å². The van der Waals surface area contributed by atoms with E-state index in [0.717, 1.165) is 5.56 Å². The molecule has 1 heterocycles. The first-order valence-electron chi connectivity index (χ1n) is 9.22. The van der Waals surface area contributed by atoms with Gasteiger partial charge in [0.15, 0.2) is 0 Å². The molecule has 2 unspecified atom stereocenters. The van der Waals surface area contributed by atoms with Crippen molar-refractivity contribution in [2.75, 3.05) is 13.2 Å². The summed E-state index contributed by atoms with van der Waals surface area (Å²) in [5.74, 6) is -0.758. The van der Waals surface area contributed by atoms with E-state index in [1.807, 2.05) is 30.3 Å². The Kier molecular flexibility index (Phi) is 6.82. The second-order valence-corrected chi connectivity index (χ2v) is 7.43. The zero-order valence-electron chi connectivity index (χ0n) is 16.4. The van der Waals surface area contributed by atoms with Crippen molar-refractivity contribution in [2.24, 2.45) is 0 Å². The third-order valence-corrected chi connectivity index (χ3v) is 4.20. The van der Waals surface area contributed by atoms with Crippen molar-refractivity contribution in [1.29, 1.82) is 0 Å². The smallest absolute Gasteiger partial charge is 0.408 e. The van der Waals surface area contributed by atoms with E-state index in [9.17, 15) is 14.4 Å². The Morgan fingerprint density at radius 1 is 1.15 bits per heavy atom. The summed E-state index contributed by atoms with van der Waals surface area (Å²) < 4.78 is 10.3. The summed E-state index contributed by atoms with van der Waals surface area (Å²) in [5.41, 5.74) is 0.302. The lowest BCUT2D eigenvalue weighted by atomic mass is 10.0. The summed E-state index contributed by atoms with van der Waals surface area (Å²) in [6, 6.07) is 8.68. The van der Waals surface area contributed by atoms with Gasteiger partial charge in [-0.2, -0.15) is 0 Å². The number of nitrogens with zero attached hydrogens (tertiary/aromatic N) is 1. The van der Waals surface area contributed by atoms with Crippen LogP contribution in [0.4, 0.5) is 4.79 Å². The van der Waals surface area contributed by atoms with E-state index in [1.165, 1.54) is 4.90 Å². The quantitative estimate of drug-likeness (QED) is 0.799. The van der Waals surface area contributed by atoms with E-state index in [-0.39, 0.29) is 25.1 Å². The minimum absolute atomic E-state index is 0.228. The molecule has 2 rings (SSSR count). The van der Waals surface area contributed by atoms with Crippen LogP contribution in [0.3, 0.4) is 0 Å². The number of alkyl carbamates (subject to hydrolysis) is 1. The molecule has 0 radical (unpaired) electrons. The molecule has 7 nitrogen and oxygen atoms in total. The Morgan fingerprint density at radius 3 is 2.41 bits per heavy atom. The summed E-state index contributed by atoms with van der Waals surface area (Å²) >= 11 is 0. The second kappa shape index (κ2) is 8.88. The highest BCUT2D eigenvalue weighted by Crippen LogP contribution is 2.36. The number of esters is 1. The Morgan fingerprint density at radius 2 is 1.81 bits per heavy atom. The second-order valence-electron chi connectivity index (χ2n) is 7.43. The molecule has 148 valence electrons. The summed E-state index contributed by atoms with van der Waals surface area (Å²) in [6.45, 7) is 6.99. The molecule has 7 heteroatoms. The Bertz CT molecular complexity index is 669. The van der Waals surface area contributed by atoms with Crippen molar-refractivity contribution in [3.8, 4) is 0 Å². The minimum atomic E-state index is -0.668. The molecule has 0 saturated carbocycles. The summed E-state index contributed by atoms with van der Waals surface area (Å²) in [5, 5.41) is 2.47. The van der Waals surface area contributed by atoms with Crippen molar-refractivity contribution in [1.82, 2.24) is 10.2 Å². The maximum atomic E-state index is 12.9. The molecule has 1 aliphatic rings. The molecule has 1 aromatic rings. The van der Waals surface area contributed by atoms with Gasteiger partial charge in [-0.3, -0.25) is 4.79 Å². The number of amides is 2. The van der Waals surface area contributed by atoms with Gasteiger partial charge in [0.1, 0.15) is 18.2 Å². The average Bonchev–Trinajstić information content (AvgIpc) is 3.04. The average molecular weight is 376 g/mol. The number of hydrogen-bond donors (Lipinski definition) is 1. The largest absolute Gasteiger partial charge is 0.464 e. The molecule has 1 fully saturated rings. The van der Waals surface area contributed by atoms with E-state index in [2.05, 4.69) is 5.32 Å². The van der Waals surface area contributed by atoms with Gasteiger partial charge < -0.3 is 19.7 Å². The first kappa shape index (κ1) is 20.7. The number of nitrogens with one attached hydrogen (secondary N) is 1. The highest BCUT2D eigenvalue weighted by Gasteiger charge is 2.42. The van der Waals surface area contributed by atoms with Crippen LogP contribution in [0.2, 0.25) is 0 Å². The summed E-state index contributed by atoms with van der Waals surface area (Å²) in [6.07, 6.45) is 0.515. The lowest BCUT2D eigenvalue weighted by Gasteiger charge is -2.30. The Balaban J connectivity index is 2.13. The van der Waals surface area contributed by atoms with Crippen molar-refractivity contribution >= 4 is 18.0 Å². The van der Waals surface area contributed by atoms with Gasteiger partial charge >= 0.3 is 12.1 Å². The molecule has 1 N–H and O–H groups in total. The maximum Gasteiger partial charge on any atom is 0.408 e. The number of likely N-dealkylation sites (tertiary alicyclic amines) is 1. The predicted octanol–water partition coefficient (Wildman–Crippen LogP) is 2.81. The number of hydrogen-bond acceptors (Lipinski definition) is 5. The molecule has 2 amide bonds. The van der Waals surface area contributed by atoms with Crippen LogP contribution in [0, 0.1) is 0 Å². The molecule has 0 bridgehead atoms. The van der Waals surface area contributed by atoms with Crippen LogP contribution in [0.5, 0.6) is 0 Å². The van der Waals surface area contributed by atoms with Gasteiger partial charge in [-0.05, 0) is 46.1 Å². The monoisotopic (exact) mass is 376 g/mol. The van der Waals surface area contributed by atoms with Gasteiger partial charge in [-0.1, -0.05) is 30.3 Å². The van der Waals surface area contributed by atoms with Gasteiger partial charge in [-0.25, -0.2) is 9.59 Å². The van der Waals surface area contributed by atoms with Crippen LogP contribution in [0.1, 0.15) is 52.1 Å². The fraction of sp³-hybridized carbons (Fsp3) is 0.550. The van der Waals surface area contributed by atoms with Gasteiger partial charge in [0.05, 0.1) is 12.6 Å². The minimum Gasteiger partial charge on any atom is -0.464 e. The number of benzene rings is 1. The summed E-state index contributed by atoms with van der Waals surface area (Å²) in [4.78, 5) is 38.6. The summed E-state index contributed by atoms with van der Waals surface area (Å²) in [7, 11) is 0. The zero-order chi connectivity index (χ0) is 20.0. The van der Waals surface area contributed by atoms with Gasteiger partial charge in [0.2, 0.25) is 5.91 Å². The topological polar surface area (TPSA) is 84.9 Å². The normalized spacial score (nSPS) is 19.5. The SMILES string of the molecule is CCOC(=O)C1CCC(c2ccccc2)N1C(=O)CNC(=O)OC(C)(C)C. The third kappa shape index (κ3) is 5.70. The van der Waals surface area contributed by atoms with E-state index >= 15 is 0 Å². The van der Waals surface area contributed by atoms with Crippen molar-refractivity contribution < 1.29 is 23.9 Å². The molecule has 1 saturated heterocycles. The molecule has 27 heavy (non-hydrogen) atoms. The standard InChI is InChI=1S/C20H28N2O5/c1-5-26-18(24)16-12-11-15(14-9-7-6-8-10-14)22(16)17(23)13-21-19(25)27-20(2,3)4/h6-10,15-16H,5,11-13H2,1-4H3,(H,21,25). The van der Waals surface area contributed by atoms with E-state index < -0.39 is 23.7 Å². The lowest BCUT2D eigenvalue weighted by Crippen LogP contribution is -2.47. The Labute approximate surface area is 160 Å². The van der Waals surface area contributed by atoms with Gasteiger partial charge in [-0.15, -0.1) is 0 Å². The molecule has 0 spiro atoms.